The van der Waals surface area contributed by atoms with Crippen LogP contribution in [0.25, 0.3) is 0 Å². The molecule has 0 spiro atoms. The highest BCUT2D eigenvalue weighted by Crippen LogP contribution is 2.30. The zero-order chi connectivity index (χ0) is 12.3. The molecule has 2 heterocycles. The van der Waals surface area contributed by atoms with E-state index in [0.717, 1.165) is 13.1 Å². The minimum atomic E-state index is 0.171. The number of nitrogens with two attached hydrogens (primary N) is 2. The maximum absolute atomic E-state index is 5.98. The normalized spacial score (nSPS) is 15.9. The van der Waals surface area contributed by atoms with E-state index in [4.69, 9.17) is 20.9 Å². The number of ether oxygens (including phenoxy) is 2. The van der Waals surface area contributed by atoms with Crippen LogP contribution in [-0.4, -0.2) is 42.9 Å². The van der Waals surface area contributed by atoms with Crippen molar-refractivity contribution in [2.75, 3.05) is 49.3 Å². The smallest absolute Gasteiger partial charge is 0.244 e. The van der Waals surface area contributed by atoms with Crippen LogP contribution in [0.5, 0.6) is 5.88 Å². The lowest BCUT2D eigenvalue weighted by atomic mass is 10.3. The second-order valence-corrected chi connectivity index (χ2v) is 3.66. The van der Waals surface area contributed by atoms with Crippen molar-refractivity contribution in [1.82, 2.24) is 9.97 Å². The number of anilines is 3. The molecule has 0 aliphatic carbocycles. The van der Waals surface area contributed by atoms with Crippen LogP contribution in [0.1, 0.15) is 6.92 Å². The molecule has 0 amide bonds. The molecular formula is C10H17N5O2. The van der Waals surface area contributed by atoms with Crippen molar-refractivity contribution in [1.29, 1.82) is 0 Å². The fraction of sp³-hybridized carbons (Fsp3) is 0.600. The molecule has 1 saturated heterocycles. The zero-order valence-electron chi connectivity index (χ0n) is 9.85. The number of hydrogen-bond acceptors (Lipinski definition) is 7. The Bertz CT molecular complexity index is 393. The maximum Gasteiger partial charge on any atom is 0.244 e. The quantitative estimate of drug-likeness (QED) is 0.758. The third-order valence-electron chi connectivity index (χ3n) is 2.50. The van der Waals surface area contributed by atoms with Crippen molar-refractivity contribution in [2.45, 2.75) is 6.92 Å². The molecule has 0 unspecified atom stereocenters. The average molecular weight is 239 g/mol. The summed E-state index contributed by atoms with van der Waals surface area (Å²) in [4.78, 5) is 10.2. The van der Waals surface area contributed by atoms with Crippen LogP contribution >= 0.6 is 0 Å². The first-order valence-corrected chi connectivity index (χ1v) is 5.61. The van der Waals surface area contributed by atoms with Gasteiger partial charge in [0, 0.05) is 13.1 Å². The summed E-state index contributed by atoms with van der Waals surface area (Å²) in [5, 5.41) is 0. The number of rotatable bonds is 3. The molecule has 1 aliphatic rings. The summed E-state index contributed by atoms with van der Waals surface area (Å²) in [6.45, 7) is 5.16. The van der Waals surface area contributed by atoms with Crippen LogP contribution in [0.2, 0.25) is 0 Å². The summed E-state index contributed by atoms with van der Waals surface area (Å²) in [7, 11) is 0. The van der Waals surface area contributed by atoms with E-state index < -0.39 is 0 Å². The summed E-state index contributed by atoms with van der Waals surface area (Å²) in [6, 6.07) is 0. The van der Waals surface area contributed by atoms with Gasteiger partial charge in [-0.25, -0.2) is 0 Å². The molecule has 94 valence electrons. The Morgan fingerprint density at radius 3 is 2.65 bits per heavy atom. The third kappa shape index (κ3) is 2.50. The molecule has 1 aromatic heterocycles. The van der Waals surface area contributed by atoms with Gasteiger partial charge in [-0.1, -0.05) is 0 Å². The summed E-state index contributed by atoms with van der Waals surface area (Å²) in [6.07, 6.45) is 0. The number of aromatic nitrogens is 2. The van der Waals surface area contributed by atoms with Crippen LogP contribution < -0.4 is 21.1 Å². The Kier molecular flexibility index (Phi) is 3.48. The highest BCUT2D eigenvalue weighted by molar-refractivity contribution is 5.69. The van der Waals surface area contributed by atoms with E-state index in [1.165, 1.54) is 0 Å². The first-order valence-electron chi connectivity index (χ1n) is 5.61. The first kappa shape index (κ1) is 11.7. The van der Waals surface area contributed by atoms with Gasteiger partial charge in [0.2, 0.25) is 11.8 Å². The number of nitrogens with zero attached hydrogens (tertiary/aromatic N) is 3. The van der Waals surface area contributed by atoms with E-state index in [-0.39, 0.29) is 5.95 Å². The molecule has 0 radical (unpaired) electrons. The second kappa shape index (κ2) is 5.05. The van der Waals surface area contributed by atoms with Crippen molar-refractivity contribution in [2.24, 2.45) is 0 Å². The van der Waals surface area contributed by atoms with E-state index in [1.54, 1.807) is 0 Å². The van der Waals surface area contributed by atoms with Gasteiger partial charge in [0.1, 0.15) is 5.69 Å². The van der Waals surface area contributed by atoms with Crippen LogP contribution in [0.15, 0.2) is 0 Å². The molecule has 0 bridgehead atoms. The van der Waals surface area contributed by atoms with Crippen molar-refractivity contribution < 1.29 is 9.47 Å². The lowest BCUT2D eigenvalue weighted by molar-refractivity contribution is 0.122. The Morgan fingerprint density at radius 1 is 1.29 bits per heavy atom. The molecule has 1 aliphatic heterocycles. The molecule has 1 fully saturated rings. The van der Waals surface area contributed by atoms with E-state index in [9.17, 15) is 0 Å². The minimum absolute atomic E-state index is 0.171. The summed E-state index contributed by atoms with van der Waals surface area (Å²) < 4.78 is 10.6. The fourth-order valence-electron chi connectivity index (χ4n) is 1.72. The first-order chi connectivity index (χ1) is 8.22. The molecule has 7 heteroatoms. The van der Waals surface area contributed by atoms with Crippen LogP contribution in [0, 0.1) is 0 Å². The largest absolute Gasteiger partial charge is 0.476 e. The molecule has 0 atom stereocenters. The van der Waals surface area contributed by atoms with Gasteiger partial charge in [-0.05, 0) is 6.92 Å². The van der Waals surface area contributed by atoms with E-state index in [1.807, 2.05) is 11.8 Å². The van der Waals surface area contributed by atoms with Crippen molar-refractivity contribution >= 4 is 17.5 Å². The minimum Gasteiger partial charge on any atom is -0.476 e. The van der Waals surface area contributed by atoms with Gasteiger partial charge >= 0.3 is 0 Å². The molecule has 7 nitrogen and oxygen atoms in total. The van der Waals surface area contributed by atoms with Crippen molar-refractivity contribution in [3.8, 4) is 5.88 Å². The molecule has 2 rings (SSSR count). The predicted molar refractivity (Wildman–Crippen MR) is 65.1 cm³/mol. The van der Waals surface area contributed by atoms with Gasteiger partial charge in [-0.3, -0.25) is 0 Å². The Balaban J connectivity index is 2.31. The molecule has 1 aromatic rings. The standard InChI is InChI=1S/C10H17N5O2/c1-2-17-9-7(11)8(13-10(12)14-9)15-3-5-16-6-4-15/h2-6,11H2,1H3,(H2,12,13,14). The Morgan fingerprint density at radius 2 is 2.00 bits per heavy atom. The van der Waals surface area contributed by atoms with Crippen molar-refractivity contribution in [3.05, 3.63) is 0 Å². The topological polar surface area (TPSA) is 99.5 Å². The lowest BCUT2D eigenvalue weighted by Crippen LogP contribution is -2.37. The summed E-state index contributed by atoms with van der Waals surface area (Å²) in [5.74, 6) is 1.15. The SMILES string of the molecule is CCOc1nc(N)nc(N2CCOCC2)c1N. The Labute approximate surface area is 99.7 Å². The summed E-state index contributed by atoms with van der Waals surface area (Å²) in [5.41, 5.74) is 12.1. The number of morpholine rings is 1. The van der Waals surface area contributed by atoms with Gasteiger partial charge in [-0.15, -0.1) is 0 Å². The monoisotopic (exact) mass is 239 g/mol. The van der Waals surface area contributed by atoms with Crippen LogP contribution in [0.3, 0.4) is 0 Å². The lowest BCUT2D eigenvalue weighted by Gasteiger charge is -2.29. The molecular weight excluding hydrogens is 222 g/mol. The van der Waals surface area contributed by atoms with Crippen molar-refractivity contribution in [3.63, 3.8) is 0 Å². The molecule has 17 heavy (non-hydrogen) atoms. The molecule has 0 aromatic carbocycles. The fourth-order valence-corrected chi connectivity index (χ4v) is 1.72. The van der Waals surface area contributed by atoms with Gasteiger partial charge in [0.05, 0.1) is 19.8 Å². The number of nitrogen functional groups attached to an aromatic ring is 2. The number of hydrogen-bond donors (Lipinski definition) is 2. The predicted octanol–water partition coefficient (Wildman–Crippen LogP) is -0.124. The van der Waals surface area contributed by atoms with Gasteiger partial charge in [0.15, 0.2) is 5.82 Å². The van der Waals surface area contributed by atoms with Crippen LogP contribution in [-0.2, 0) is 4.74 Å². The summed E-state index contributed by atoms with van der Waals surface area (Å²) >= 11 is 0. The van der Waals surface area contributed by atoms with Gasteiger partial charge in [0.25, 0.3) is 0 Å². The highest BCUT2D eigenvalue weighted by atomic mass is 16.5. The van der Waals surface area contributed by atoms with Gasteiger partial charge in [-0.2, -0.15) is 9.97 Å². The van der Waals surface area contributed by atoms with E-state index in [0.29, 0.717) is 37.2 Å². The maximum atomic E-state index is 5.98. The Hall–Kier alpha value is -1.76. The third-order valence-corrected chi connectivity index (χ3v) is 2.50. The zero-order valence-corrected chi connectivity index (χ0v) is 9.85. The van der Waals surface area contributed by atoms with E-state index in [2.05, 4.69) is 9.97 Å². The molecule has 0 saturated carbocycles. The second-order valence-electron chi connectivity index (χ2n) is 3.66. The van der Waals surface area contributed by atoms with Crippen LogP contribution in [0.4, 0.5) is 17.5 Å². The molecule has 4 N–H and O–H groups in total. The van der Waals surface area contributed by atoms with Gasteiger partial charge < -0.3 is 25.8 Å². The van der Waals surface area contributed by atoms with E-state index >= 15 is 0 Å². The average Bonchev–Trinajstić information content (AvgIpc) is 2.35. The highest BCUT2D eigenvalue weighted by Gasteiger charge is 2.19.